The van der Waals surface area contributed by atoms with E-state index < -0.39 is 0 Å². The Morgan fingerprint density at radius 3 is 2.63 bits per heavy atom. The summed E-state index contributed by atoms with van der Waals surface area (Å²) < 4.78 is 16.4. The fourth-order valence-corrected chi connectivity index (χ4v) is 3.70. The van der Waals surface area contributed by atoms with Crippen LogP contribution in [-0.2, 0) is 14.3 Å². The van der Waals surface area contributed by atoms with E-state index in [0.29, 0.717) is 65.7 Å². The van der Waals surface area contributed by atoms with Crippen molar-refractivity contribution in [1.82, 2.24) is 14.9 Å². The minimum absolute atomic E-state index is 0.100. The normalized spacial score (nSPS) is 12.8. The zero-order valence-corrected chi connectivity index (χ0v) is 21.5. The highest BCUT2D eigenvalue weighted by Crippen LogP contribution is 2.32. The lowest BCUT2D eigenvalue weighted by atomic mass is 10.2. The van der Waals surface area contributed by atoms with Crippen molar-refractivity contribution < 1.29 is 23.8 Å². The van der Waals surface area contributed by atoms with Crippen LogP contribution in [-0.4, -0.2) is 66.7 Å². The first-order valence-corrected chi connectivity index (χ1v) is 12.1. The average Bonchev–Trinajstić information content (AvgIpc) is 2.94. The van der Waals surface area contributed by atoms with Crippen molar-refractivity contribution in [2.75, 3.05) is 56.0 Å². The van der Waals surface area contributed by atoms with E-state index in [1.54, 1.807) is 41.3 Å². The highest BCUT2D eigenvalue weighted by Gasteiger charge is 2.18. The number of carbonyl (C=O) groups is 2. The number of morpholine rings is 1. The van der Waals surface area contributed by atoms with Gasteiger partial charge in [-0.1, -0.05) is 24.2 Å². The van der Waals surface area contributed by atoms with E-state index >= 15 is 0 Å². The number of methoxy groups -OCH3 is 1. The molecule has 0 bridgehead atoms. The standard InChI is InChI=1S/C26H27ClN6O5/c1-3-23(34)29-17-5-4-6-18(13-17)30-25-20(27)15-28-26(32-25)31-19-7-8-21(22(14-19)36-2)38-16-24(35)33-9-11-37-12-10-33/h3-8,13-15H,1,9-12,16H2,2H3,(H,29,34)(H2,28,30,31,32). The van der Waals surface area contributed by atoms with Gasteiger partial charge in [0.1, 0.15) is 5.02 Å². The first kappa shape index (κ1) is 26.7. The second-order valence-electron chi connectivity index (χ2n) is 8.06. The Hall–Kier alpha value is -4.35. The summed E-state index contributed by atoms with van der Waals surface area (Å²) in [4.78, 5) is 34.4. The van der Waals surface area contributed by atoms with Crippen LogP contribution >= 0.6 is 11.6 Å². The number of ether oxygens (including phenoxy) is 3. The van der Waals surface area contributed by atoms with Gasteiger partial charge in [0.15, 0.2) is 23.9 Å². The Morgan fingerprint density at radius 1 is 1.11 bits per heavy atom. The van der Waals surface area contributed by atoms with Gasteiger partial charge in [0.25, 0.3) is 5.91 Å². The van der Waals surface area contributed by atoms with Crippen LogP contribution in [0.2, 0.25) is 5.02 Å². The molecule has 0 saturated carbocycles. The Morgan fingerprint density at radius 2 is 1.87 bits per heavy atom. The van der Waals surface area contributed by atoms with Crippen LogP contribution in [0.5, 0.6) is 11.5 Å². The molecule has 3 N–H and O–H groups in total. The van der Waals surface area contributed by atoms with Crippen molar-refractivity contribution in [3.05, 3.63) is 66.3 Å². The van der Waals surface area contributed by atoms with Crippen LogP contribution in [0.3, 0.4) is 0 Å². The number of aromatic nitrogens is 2. The number of hydrogen-bond acceptors (Lipinski definition) is 9. The molecule has 1 aliphatic rings. The monoisotopic (exact) mass is 538 g/mol. The van der Waals surface area contributed by atoms with Gasteiger partial charge in [-0.3, -0.25) is 9.59 Å². The first-order chi connectivity index (χ1) is 18.4. The number of anilines is 5. The highest BCUT2D eigenvalue weighted by molar-refractivity contribution is 6.32. The molecule has 2 aromatic carbocycles. The second-order valence-corrected chi connectivity index (χ2v) is 8.47. The highest BCUT2D eigenvalue weighted by atomic mass is 35.5. The van der Waals surface area contributed by atoms with Gasteiger partial charge < -0.3 is 35.1 Å². The molecule has 198 valence electrons. The summed E-state index contributed by atoms with van der Waals surface area (Å²) >= 11 is 6.31. The van der Waals surface area contributed by atoms with E-state index in [0.717, 1.165) is 0 Å². The number of amides is 2. The van der Waals surface area contributed by atoms with E-state index in [4.69, 9.17) is 25.8 Å². The van der Waals surface area contributed by atoms with Crippen LogP contribution in [0.4, 0.5) is 28.8 Å². The van der Waals surface area contributed by atoms with Crippen molar-refractivity contribution in [3.8, 4) is 11.5 Å². The molecule has 1 aliphatic heterocycles. The maximum atomic E-state index is 12.4. The smallest absolute Gasteiger partial charge is 0.260 e. The van der Waals surface area contributed by atoms with Gasteiger partial charge in [-0.15, -0.1) is 0 Å². The molecule has 1 fully saturated rings. The van der Waals surface area contributed by atoms with Crippen molar-refractivity contribution in [2.24, 2.45) is 0 Å². The summed E-state index contributed by atoms with van der Waals surface area (Å²) in [7, 11) is 1.52. The fourth-order valence-electron chi connectivity index (χ4n) is 3.56. The van der Waals surface area contributed by atoms with Gasteiger partial charge in [0, 0.05) is 36.2 Å². The molecule has 0 unspecified atom stereocenters. The Labute approximate surface area is 224 Å². The Kier molecular flexibility index (Phi) is 8.96. The summed E-state index contributed by atoms with van der Waals surface area (Å²) in [6.45, 7) is 5.51. The third-order valence-corrected chi connectivity index (χ3v) is 5.73. The topological polar surface area (TPSA) is 127 Å². The predicted octanol–water partition coefficient (Wildman–Crippen LogP) is 3.99. The molecular formula is C26H27ClN6O5. The Bertz CT molecular complexity index is 1320. The molecule has 2 amide bonds. The molecule has 12 heteroatoms. The van der Waals surface area contributed by atoms with Gasteiger partial charge in [-0.25, -0.2) is 4.98 Å². The van der Waals surface area contributed by atoms with Crippen LogP contribution in [0, 0.1) is 0 Å². The van der Waals surface area contributed by atoms with Gasteiger partial charge in [0.05, 0.1) is 26.5 Å². The quantitative estimate of drug-likeness (QED) is 0.328. The van der Waals surface area contributed by atoms with E-state index in [-0.39, 0.29) is 24.4 Å². The minimum atomic E-state index is -0.316. The molecular weight excluding hydrogens is 512 g/mol. The largest absolute Gasteiger partial charge is 0.493 e. The Balaban J connectivity index is 1.42. The number of nitrogens with zero attached hydrogens (tertiary/aromatic N) is 3. The minimum Gasteiger partial charge on any atom is -0.493 e. The fraction of sp³-hybridized carbons (Fsp3) is 0.231. The SMILES string of the molecule is C=CC(=O)Nc1cccc(Nc2nc(Nc3ccc(OCC(=O)N4CCOCC4)c(OC)c3)ncc2Cl)c1. The lowest BCUT2D eigenvalue weighted by molar-refractivity contribution is -0.137. The zero-order valence-electron chi connectivity index (χ0n) is 20.7. The molecule has 1 aromatic heterocycles. The summed E-state index contributed by atoms with van der Waals surface area (Å²) in [5.74, 6) is 1.10. The molecule has 1 saturated heterocycles. The lowest BCUT2D eigenvalue weighted by Crippen LogP contribution is -2.43. The number of nitrogens with one attached hydrogen (secondary N) is 3. The molecule has 4 rings (SSSR count). The summed E-state index contributed by atoms with van der Waals surface area (Å²) in [5, 5.41) is 9.24. The summed E-state index contributed by atoms with van der Waals surface area (Å²) in [6.07, 6.45) is 2.66. The second kappa shape index (κ2) is 12.7. The van der Waals surface area contributed by atoms with Gasteiger partial charge in [0.2, 0.25) is 11.9 Å². The van der Waals surface area contributed by atoms with Crippen molar-refractivity contribution in [2.45, 2.75) is 0 Å². The molecule has 2 heterocycles. The van der Waals surface area contributed by atoms with Crippen LogP contribution in [0.25, 0.3) is 0 Å². The van der Waals surface area contributed by atoms with Gasteiger partial charge >= 0.3 is 0 Å². The summed E-state index contributed by atoms with van der Waals surface area (Å²) in [6, 6.07) is 12.2. The van der Waals surface area contributed by atoms with Crippen molar-refractivity contribution in [3.63, 3.8) is 0 Å². The molecule has 0 spiro atoms. The van der Waals surface area contributed by atoms with E-state index in [1.807, 2.05) is 6.07 Å². The number of rotatable bonds is 10. The third-order valence-electron chi connectivity index (χ3n) is 5.46. The van der Waals surface area contributed by atoms with E-state index in [9.17, 15) is 9.59 Å². The maximum Gasteiger partial charge on any atom is 0.260 e. The number of benzene rings is 2. The molecule has 3 aromatic rings. The lowest BCUT2D eigenvalue weighted by Gasteiger charge is -2.26. The molecule has 0 radical (unpaired) electrons. The number of hydrogen-bond donors (Lipinski definition) is 3. The van der Waals surface area contributed by atoms with Crippen LogP contribution < -0.4 is 25.4 Å². The maximum absolute atomic E-state index is 12.4. The number of carbonyl (C=O) groups excluding carboxylic acids is 2. The van der Waals surface area contributed by atoms with Gasteiger partial charge in [-0.05, 0) is 36.4 Å². The van der Waals surface area contributed by atoms with Gasteiger partial charge in [-0.2, -0.15) is 4.98 Å². The third kappa shape index (κ3) is 7.11. The molecule has 0 aliphatic carbocycles. The van der Waals surface area contributed by atoms with E-state index in [1.165, 1.54) is 19.4 Å². The van der Waals surface area contributed by atoms with Crippen LogP contribution in [0.1, 0.15) is 0 Å². The van der Waals surface area contributed by atoms with Crippen LogP contribution in [0.15, 0.2) is 61.3 Å². The molecule has 11 nitrogen and oxygen atoms in total. The predicted molar refractivity (Wildman–Crippen MR) is 145 cm³/mol. The number of halogens is 1. The molecule has 0 atom stereocenters. The molecule has 38 heavy (non-hydrogen) atoms. The zero-order chi connectivity index (χ0) is 26.9. The summed E-state index contributed by atoms with van der Waals surface area (Å²) in [5.41, 5.74) is 1.88. The van der Waals surface area contributed by atoms with E-state index in [2.05, 4.69) is 32.5 Å². The van der Waals surface area contributed by atoms with Crippen molar-refractivity contribution in [1.29, 1.82) is 0 Å². The first-order valence-electron chi connectivity index (χ1n) is 11.7. The average molecular weight is 539 g/mol. The van der Waals surface area contributed by atoms with Crippen molar-refractivity contribution >= 4 is 52.2 Å².